The van der Waals surface area contributed by atoms with E-state index in [1.165, 1.54) is 30.7 Å². The molecule has 0 spiro atoms. The average Bonchev–Trinajstić information content (AvgIpc) is 3.09. The molecule has 0 saturated carbocycles. The maximum atomic E-state index is 13.1. The lowest BCUT2D eigenvalue weighted by atomic mass is 10.1. The molecule has 0 saturated heterocycles. The van der Waals surface area contributed by atoms with Gasteiger partial charge in [-0.1, -0.05) is 6.07 Å². The van der Waals surface area contributed by atoms with Crippen molar-refractivity contribution in [3.05, 3.63) is 74.3 Å². The molecule has 30 heavy (non-hydrogen) atoms. The van der Waals surface area contributed by atoms with E-state index in [0.29, 0.717) is 22.6 Å². The SMILES string of the molecule is Cc1nn(CC(=O)c2cc(C)n(-c3cccc(C(F)(F)F)c3)c2C)c(C)c1[N+](=O)[O-]. The monoisotopic (exact) mass is 420 g/mol. The van der Waals surface area contributed by atoms with E-state index in [9.17, 15) is 28.1 Å². The molecule has 7 nitrogen and oxygen atoms in total. The van der Waals surface area contributed by atoms with E-state index in [1.807, 2.05) is 0 Å². The van der Waals surface area contributed by atoms with Crippen LogP contribution in [-0.4, -0.2) is 25.1 Å². The van der Waals surface area contributed by atoms with Crippen LogP contribution in [0.3, 0.4) is 0 Å². The molecule has 158 valence electrons. The second kappa shape index (κ2) is 7.43. The Morgan fingerprint density at radius 2 is 1.80 bits per heavy atom. The summed E-state index contributed by atoms with van der Waals surface area (Å²) < 4.78 is 42.1. The molecule has 1 aromatic carbocycles. The van der Waals surface area contributed by atoms with Gasteiger partial charge in [0, 0.05) is 22.6 Å². The van der Waals surface area contributed by atoms with E-state index in [0.717, 1.165) is 12.1 Å². The first-order valence-electron chi connectivity index (χ1n) is 9.00. The molecule has 10 heteroatoms. The summed E-state index contributed by atoms with van der Waals surface area (Å²) in [7, 11) is 0. The third kappa shape index (κ3) is 3.72. The Labute approximate surface area is 169 Å². The van der Waals surface area contributed by atoms with Crippen LogP contribution < -0.4 is 0 Å². The number of nitro groups is 1. The zero-order valence-electron chi connectivity index (χ0n) is 16.7. The quantitative estimate of drug-likeness (QED) is 0.340. The highest BCUT2D eigenvalue weighted by molar-refractivity contribution is 5.97. The first-order valence-corrected chi connectivity index (χ1v) is 9.00. The van der Waals surface area contributed by atoms with Crippen molar-refractivity contribution < 1.29 is 22.9 Å². The van der Waals surface area contributed by atoms with Crippen molar-refractivity contribution in [3.63, 3.8) is 0 Å². The highest BCUT2D eigenvalue weighted by Gasteiger charge is 2.31. The number of nitrogens with zero attached hydrogens (tertiary/aromatic N) is 4. The van der Waals surface area contributed by atoms with Gasteiger partial charge >= 0.3 is 11.9 Å². The van der Waals surface area contributed by atoms with E-state index in [4.69, 9.17) is 0 Å². The van der Waals surface area contributed by atoms with Gasteiger partial charge in [-0.05, 0) is 52.0 Å². The number of carbonyl (C=O) groups excluding carboxylic acids is 1. The number of aryl methyl sites for hydroxylation is 2. The summed E-state index contributed by atoms with van der Waals surface area (Å²) in [6, 6.07) is 6.46. The molecule has 3 rings (SSSR count). The van der Waals surface area contributed by atoms with Crippen LogP contribution in [0.4, 0.5) is 18.9 Å². The zero-order chi connectivity index (χ0) is 22.4. The van der Waals surface area contributed by atoms with Crippen LogP contribution in [-0.2, 0) is 12.7 Å². The Bertz CT molecular complexity index is 1160. The van der Waals surface area contributed by atoms with E-state index >= 15 is 0 Å². The lowest BCUT2D eigenvalue weighted by molar-refractivity contribution is -0.386. The van der Waals surface area contributed by atoms with E-state index in [1.54, 1.807) is 24.5 Å². The Kier molecular flexibility index (Phi) is 5.27. The smallest absolute Gasteiger partial charge is 0.318 e. The van der Waals surface area contributed by atoms with E-state index in [-0.39, 0.29) is 29.4 Å². The maximum Gasteiger partial charge on any atom is 0.416 e. The van der Waals surface area contributed by atoms with Crippen molar-refractivity contribution in [2.45, 2.75) is 40.4 Å². The number of aromatic nitrogens is 3. The largest absolute Gasteiger partial charge is 0.416 e. The van der Waals surface area contributed by atoms with Crippen LogP contribution in [0.5, 0.6) is 0 Å². The van der Waals surface area contributed by atoms with Crippen LogP contribution in [0.1, 0.15) is 38.7 Å². The van der Waals surface area contributed by atoms with Crippen molar-refractivity contribution in [3.8, 4) is 5.69 Å². The van der Waals surface area contributed by atoms with Crippen molar-refractivity contribution in [2.75, 3.05) is 0 Å². The van der Waals surface area contributed by atoms with Crippen molar-refractivity contribution in [1.29, 1.82) is 0 Å². The molecular formula is C20H19F3N4O3. The van der Waals surface area contributed by atoms with Crippen molar-refractivity contribution in [2.24, 2.45) is 0 Å². The normalized spacial score (nSPS) is 11.7. The van der Waals surface area contributed by atoms with Gasteiger partial charge in [0.2, 0.25) is 0 Å². The van der Waals surface area contributed by atoms with Crippen molar-refractivity contribution in [1.82, 2.24) is 14.3 Å². The highest BCUT2D eigenvalue weighted by atomic mass is 19.4. The molecule has 0 radical (unpaired) electrons. The highest BCUT2D eigenvalue weighted by Crippen LogP contribution is 2.31. The zero-order valence-corrected chi connectivity index (χ0v) is 16.7. The van der Waals surface area contributed by atoms with Crippen LogP contribution in [0.2, 0.25) is 0 Å². The number of Topliss-reactive ketones (excluding diaryl/α,β-unsaturated/α-hetero) is 1. The standard InChI is InChI=1S/C20H19F3N4O3/c1-11-8-17(18(28)10-25-14(4)19(27(29)30)12(2)24-25)13(3)26(11)16-7-5-6-15(9-16)20(21,22)23/h5-9H,10H2,1-4H3. The van der Waals surface area contributed by atoms with Gasteiger partial charge in [-0.25, -0.2) is 0 Å². The molecule has 2 heterocycles. The summed E-state index contributed by atoms with van der Waals surface area (Å²) in [6.45, 7) is 6.12. The maximum absolute atomic E-state index is 13.1. The fourth-order valence-corrected chi connectivity index (χ4v) is 3.59. The van der Waals surface area contributed by atoms with Gasteiger partial charge in [0.05, 0.1) is 10.5 Å². The number of benzene rings is 1. The Balaban J connectivity index is 1.98. The number of hydrogen-bond acceptors (Lipinski definition) is 4. The fraction of sp³-hybridized carbons (Fsp3) is 0.300. The number of hydrogen-bond donors (Lipinski definition) is 0. The number of alkyl halides is 3. The molecule has 2 aromatic heterocycles. The fourth-order valence-electron chi connectivity index (χ4n) is 3.59. The number of rotatable bonds is 5. The molecule has 0 N–H and O–H groups in total. The minimum absolute atomic E-state index is 0.141. The number of halogens is 3. The molecule has 0 aliphatic carbocycles. The molecule has 3 aromatic rings. The van der Waals surface area contributed by atoms with Crippen LogP contribution >= 0.6 is 0 Å². The second-order valence-corrected chi connectivity index (χ2v) is 7.03. The summed E-state index contributed by atoms with van der Waals surface area (Å²) in [5.74, 6) is -0.346. The molecule has 0 aliphatic rings. The predicted octanol–water partition coefficient (Wildman–Crippen LogP) is 4.72. The van der Waals surface area contributed by atoms with Gasteiger partial charge < -0.3 is 4.57 Å². The second-order valence-electron chi connectivity index (χ2n) is 7.03. The van der Waals surface area contributed by atoms with Gasteiger partial charge in [-0.2, -0.15) is 18.3 Å². The van der Waals surface area contributed by atoms with Crippen molar-refractivity contribution >= 4 is 11.5 Å². The summed E-state index contributed by atoms with van der Waals surface area (Å²) >= 11 is 0. The molecule has 0 amide bonds. The molecule has 0 atom stereocenters. The molecule has 0 unspecified atom stereocenters. The molecule has 0 fully saturated rings. The van der Waals surface area contributed by atoms with Gasteiger partial charge in [0.25, 0.3) is 0 Å². The van der Waals surface area contributed by atoms with Gasteiger partial charge in [0.1, 0.15) is 17.9 Å². The Morgan fingerprint density at radius 1 is 1.13 bits per heavy atom. The number of ketones is 1. The summed E-state index contributed by atoms with van der Waals surface area (Å²) in [5, 5.41) is 15.2. The average molecular weight is 420 g/mol. The van der Waals surface area contributed by atoms with Crippen LogP contribution in [0, 0.1) is 37.8 Å². The third-order valence-corrected chi connectivity index (χ3v) is 4.98. The molecule has 0 bridgehead atoms. The van der Waals surface area contributed by atoms with E-state index < -0.39 is 16.7 Å². The summed E-state index contributed by atoms with van der Waals surface area (Å²) in [4.78, 5) is 23.5. The summed E-state index contributed by atoms with van der Waals surface area (Å²) in [6.07, 6.45) is -4.48. The predicted molar refractivity (Wildman–Crippen MR) is 103 cm³/mol. The van der Waals surface area contributed by atoms with Crippen LogP contribution in [0.25, 0.3) is 5.69 Å². The van der Waals surface area contributed by atoms with Gasteiger partial charge in [-0.3, -0.25) is 19.6 Å². The lowest BCUT2D eigenvalue weighted by Gasteiger charge is -2.13. The first-order chi connectivity index (χ1) is 13.9. The Hall–Kier alpha value is -3.43. The van der Waals surface area contributed by atoms with Gasteiger partial charge in [0.15, 0.2) is 5.78 Å². The molecular weight excluding hydrogens is 401 g/mol. The topological polar surface area (TPSA) is 83.0 Å². The number of carbonyl (C=O) groups is 1. The minimum Gasteiger partial charge on any atom is -0.318 e. The summed E-state index contributed by atoms with van der Waals surface area (Å²) in [5.41, 5.74) is 1.23. The molecule has 0 aliphatic heterocycles. The van der Waals surface area contributed by atoms with E-state index in [2.05, 4.69) is 5.10 Å². The minimum atomic E-state index is -4.48. The Morgan fingerprint density at radius 3 is 2.37 bits per heavy atom. The van der Waals surface area contributed by atoms with Gasteiger partial charge in [-0.15, -0.1) is 0 Å². The first kappa shape index (κ1) is 21.3. The van der Waals surface area contributed by atoms with Crippen LogP contribution in [0.15, 0.2) is 30.3 Å². The lowest BCUT2D eigenvalue weighted by Crippen LogP contribution is -2.14. The third-order valence-electron chi connectivity index (χ3n) is 4.98.